The quantitative estimate of drug-likeness (QED) is 0.756. The van der Waals surface area contributed by atoms with Crippen LogP contribution in [0, 0.1) is 5.92 Å². The molecule has 5 heteroatoms. The standard InChI is InChI=1S/C20H25N3O2/c1-13(2)22-20(25)16-9-11-17(12-10-16)23-19(24)14(3)18(21)15-7-5-4-6-8-15/h4-14,18H,21H2,1-3H3,(H,22,25)(H,23,24). The SMILES string of the molecule is CC(C)NC(=O)c1ccc(NC(=O)C(C)C(N)c2ccccc2)cc1. The Hall–Kier alpha value is -2.66. The molecule has 0 fully saturated rings. The first kappa shape index (κ1) is 18.7. The summed E-state index contributed by atoms with van der Waals surface area (Å²) in [6.45, 7) is 5.62. The highest BCUT2D eigenvalue weighted by atomic mass is 16.2. The van der Waals surface area contributed by atoms with Crippen LogP contribution in [0.15, 0.2) is 54.6 Å². The van der Waals surface area contributed by atoms with Crippen LogP contribution >= 0.6 is 0 Å². The van der Waals surface area contributed by atoms with Crippen molar-refractivity contribution in [2.75, 3.05) is 5.32 Å². The number of nitrogens with one attached hydrogen (secondary N) is 2. The summed E-state index contributed by atoms with van der Waals surface area (Å²) >= 11 is 0. The number of rotatable bonds is 6. The molecule has 0 saturated heterocycles. The molecule has 4 N–H and O–H groups in total. The van der Waals surface area contributed by atoms with Gasteiger partial charge in [-0.15, -0.1) is 0 Å². The molecule has 25 heavy (non-hydrogen) atoms. The van der Waals surface area contributed by atoms with E-state index in [1.54, 1.807) is 31.2 Å². The molecule has 2 aromatic carbocycles. The third kappa shape index (κ3) is 5.16. The molecule has 0 aliphatic heterocycles. The fourth-order valence-electron chi connectivity index (χ4n) is 2.43. The van der Waals surface area contributed by atoms with Gasteiger partial charge < -0.3 is 16.4 Å². The predicted molar refractivity (Wildman–Crippen MR) is 100 cm³/mol. The Bertz CT molecular complexity index is 711. The van der Waals surface area contributed by atoms with Gasteiger partial charge in [-0.3, -0.25) is 9.59 Å². The van der Waals surface area contributed by atoms with Gasteiger partial charge in [-0.2, -0.15) is 0 Å². The Balaban J connectivity index is 1.99. The van der Waals surface area contributed by atoms with E-state index in [0.29, 0.717) is 11.3 Å². The minimum atomic E-state index is -0.383. The second-order valence-electron chi connectivity index (χ2n) is 6.42. The second kappa shape index (κ2) is 8.44. The minimum Gasteiger partial charge on any atom is -0.350 e. The maximum Gasteiger partial charge on any atom is 0.251 e. The summed E-state index contributed by atoms with van der Waals surface area (Å²) in [7, 11) is 0. The molecule has 2 atom stereocenters. The number of carbonyl (C=O) groups is 2. The third-order valence-corrected chi connectivity index (χ3v) is 3.97. The van der Waals surface area contributed by atoms with E-state index in [4.69, 9.17) is 5.73 Å². The molecule has 0 aliphatic carbocycles. The summed E-state index contributed by atoms with van der Waals surface area (Å²) in [5.41, 5.74) is 8.31. The lowest BCUT2D eigenvalue weighted by Gasteiger charge is -2.20. The van der Waals surface area contributed by atoms with Crippen molar-refractivity contribution < 1.29 is 9.59 Å². The molecule has 2 rings (SSSR count). The van der Waals surface area contributed by atoms with E-state index in [1.807, 2.05) is 44.2 Å². The molecule has 2 amide bonds. The highest BCUT2D eigenvalue weighted by molar-refractivity contribution is 5.96. The smallest absolute Gasteiger partial charge is 0.251 e. The van der Waals surface area contributed by atoms with Gasteiger partial charge in [-0.1, -0.05) is 37.3 Å². The molecule has 0 heterocycles. The largest absolute Gasteiger partial charge is 0.350 e. The van der Waals surface area contributed by atoms with Crippen LogP contribution in [-0.2, 0) is 4.79 Å². The summed E-state index contributed by atoms with van der Waals surface area (Å²) in [6, 6.07) is 16.1. The first-order chi connectivity index (χ1) is 11.9. The van der Waals surface area contributed by atoms with Crippen LogP contribution < -0.4 is 16.4 Å². The number of hydrogen-bond donors (Lipinski definition) is 3. The van der Waals surface area contributed by atoms with Gasteiger partial charge in [-0.25, -0.2) is 0 Å². The van der Waals surface area contributed by atoms with E-state index in [2.05, 4.69) is 10.6 Å². The van der Waals surface area contributed by atoms with Crippen molar-refractivity contribution in [3.8, 4) is 0 Å². The number of amides is 2. The van der Waals surface area contributed by atoms with E-state index in [0.717, 1.165) is 5.56 Å². The van der Waals surface area contributed by atoms with Crippen molar-refractivity contribution in [1.82, 2.24) is 5.32 Å². The minimum absolute atomic E-state index is 0.0761. The molecule has 0 bridgehead atoms. The molecule has 132 valence electrons. The maximum absolute atomic E-state index is 12.4. The molecule has 0 spiro atoms. The Kier molecular flexibility index (Phi) is 6.31. The van der Waals surface area contributed by atoms with Crippen LogP contribution in [0.3, 0.4) is 0 Å². The normalized spacial score (nSPS) is 13.2. The highest BCUT2D eigenvalue weighted by Gasteiger charge is 2.22. The summed E-state index contributed by atoms with van der Waals surface area (Å²) < 4.78 is 0. The zero-order valence-electron chi connectivity index (χ0n) is 14.8. The van der Waals surface area contributed by atoms with Gasteiger partial charge in [0.25, 0.3) is 5.91 Å². The van der Waals surface area contributed by atoms with Gasteiger partial charge in [0.1, 0.15) is 0 Å². The maximum atomic E-state index is 12.4. The van der Waals surface area contributed by atoms with E-state index in [9.17, 15) is 9.59 Å². The van der Waals surface area contributed by atoms with Crippen LogP contribution in [0.1, 0.15) is 42.7 Å². The second-order valence-corrected chi connectivity index (χ2v) is 6.42. The van der Waals surface area contributed by atoms with Crippen molar-refractivity contribution in [1.29, 1.82) is 0 Å². The fourth-order valence-corrected chi connectivity index (χ4v) is 2.43. The lowest BCUT2D eigenvalue weighted by Crippen LogP contribution is -2.31. The van der Waals surface area contributed by atoms with Gasteiger partial charge in [-0.05, 0) is 43.7 Å². The molecular formula is C20H25N3O2. The van der Waals surface area contributed by atoms with Crippen molar-refractivity contribution >= 4 is 17.5 Å². The average molecular weight is 339 g/mol. The number of benzene rings is 2. The number of carbonyl (C=O) groups excluding carboxylic acids is 2. The first-order valence-corrected chi connectivity index (χ1v) is 8.41. The Morgan fingerprint density at radius 2 is 1.52 bits per heavy atom. The lowest BCUT2D eigenvalue weighted by molar-refractivity contribution is -0.120. The molecule has 0 aromatic heterocycles. The molecule has 5 nitrogen and oxygen atoms in total. The van der Waals surface area contributed by atoms with Gasteiger partial charge in [0.05, 0.1) is 5.92 Å². The molecule has 0 saturated carbocycles. The number of nitrogens with two attached hydrogens (primary N) is 1. The molecular weight excluding hydrogens is 314 g/mol. The summed E-state index contributed by atoms with van der Waals surface area (Å²) in [5, 5.41) is 5.68. The fraction of sp³-hybridized carbons (Fsp3) is 0.300. The van der Waals surface area contributed by atoms with Crippen LogP contribution in [0.25, 0.3) is 0 Å². The Morgan fingerprint density at radius 3 is 2.08 bits per heavy atom. The van der Waals surface area contributed by atoms with E-state index in [-0.39, 0.29) is 29.8 Å². The van der Waals surface area contributed by atoms with E-state index in [1.165, 1.54) is 0 Å². The summed E-state index contributed by atoms with van der Waals surface area (Å²) in [4.78, 5) is 24.3. The van der Waals surface area contributed by atoms with Gasteiger partial charge in [0.15, 0.2) is 0 Å². The zero-order valence-corrected chi connectivity index (χ0v) is 14.8. The average Bonchev–Trinajstić information content (AvgIpc) is 2.61. The highest BCUT2D eigenvalue weighted by Crippen LogP contribution is 2.21. The summed E-state index contributed by atoms with van der Waals surface area (Å²) in [6.07, 6.45) is 0. The van der Waals surface area contributed by atoms with Crippen molar-refractivity contribution in [2.45, 2.75) is 32.9 Å². The monoisotopic (exact) mass is 339 g/mol. The first-order valence-electron chi connectivity index (χ1n) is 8.41. The zero-order chi connectivity index (χ0) is 18.4. The molecule has 0 radical (unpaired) electrons. The van der Waals surface area contributed by atoms with Crippen LogP contribution in [0.2, 0.25) is 0 Å². The predicted octanol–water partition coefficient (Wildman–Crippen LogP) is 3.10. The van der Waals surface area contributed by atoms with Crippen LogP contribution in [0.4, 0.5) is 5.69 Å². The summed E-state index contributed by atoms with van der Waals surface area (Å²) in [5.74, 6) is -0.672. The van der Waals surface area contributed by atoms with Crippen LogP contribution in [-0.4, -0.2) is 17.9 Å². The number of anilines is 1. The lowest BCUT2D eigenvalue weighted by atomic mass is 9.94. The van der Waals surface area contributed by atoms with Crippen molar-refractivity contribution in [3.05, 3.63) is 65.7 Å². The van der Waals surface area contributed by atoms with Crippen molar-refractivity contribution in [2.24, 2.45) is 11.7 Å². The van der Waals surface area contributed by atoms with E-state index >= 15 is 0 Å². The van der Waals surface area contributed by atoms with Crippen molar-refractivity contribution in [3.63, 3.8) is 0 Å². The van der Waals surface area contributed by atoms with Gasteiger partial charge in [0.2, 0.25) is 5.91 Å². The number of hydrogen-bond acceptors (Lipinski definition) is 3. The van der Waals surface area contributed by atoms with Gasteiger partial charge in [0, 0.05) is 23.3 Å². The Morgan fingerprint density at radius 1 is 0.920 bits per heavy atom. The Labute approximate surface area is 148 Å². The van der Waals surface area contributed by atoms with Crippen LogP contribution in [0.5, 0.6) is 0 Å². The topological polar surface area (TPSA) is 84.2 Å². The van der Waals surface area contributed by atoms with E-state index < -0.39 is 0 Å². The molecule has 2 unspecified atom stereocenters. The molecule has 0 aliphatic rings. The third-order valence-electron chi connectivity index (χ3n) is 3.97. The molecule has 2 aromatic rings. The van der Waals surface area contributed by atoms with Gasteiger partial charge >= 0.3 is 0 Å².